The molecule has 0 saturated carbocycles. The van der Waals surface area contributed by atoms with E-state index >= 15 is 0 Å². The summed E-state index contributed by atoms with van der Waals surface area (Å²) in [5.41, 5.74) is 1.30. The van der Waals surface area contributed by atoms with Crippen molar-refractivity contribution in [3.63, 3.8) is 0 Å². The van der Waals surface area contributed by atoms with Crippen molar-refractivity contribution in [1.29, 1.82) is 0 Å². The van der Waals surface area contributed by atoms with Gasteiger partial charge in [-0.15, -0.1) is 0 Å². The van der Waals surface area contributed by atoms with Gasteiger partial charge in [-0.05, 0) is 55.3 Å². The van der Waals surface area contributed by atoms with Gasteiger partial charge in [0.2, 0.25) is 0 Å². The number of esters is 1. The fraction of sp³-hybridized carbons (Fsp3) is 0.296. The number of fused-ring (bicyclic) bond motifs is 1. The smallest absolute Gasteiger partial charge is 0.337 e. The number of hydrogen-bond acceptors (Lipinski definition) is 9. The van der Waals surface area contributed by atoms with Gasteiger partial charge in [0.15, 0.2) is 27.8 Å². The van der Waals surface area contributed by atoms with E-state index in [9.17, 15) is 9.59 Å². The Balaban J connectivity index is 1.92. The predicted octanol–water partition coefficient (Wildman–Crippen LogP) is 3.60. The van der Waals surface area contributed by atoms with Crippen molar-refractivity contribution >= 4 is 39.3 Å². The van der Waals surface area contributed by atoms with Gasteiger partial charge in [-0.1, -0.05) is 33.3 Å². The molecule has 9 nitrogen and oxygen atoms in total. The van der Waals surface area contributed by atoms with E-state index < -0.39 is 12.0 Å². The summed E-state index contributed by atoms with van der Waals surface area (Å²) in [6.07, 6.45) is 3.20. The van der Waals surface area contributed by atoms with Gasteiger partial charge < -0.3 is 23.7 Å². The third-order valence-corrected chi connectivity index (χ3v) is 7.48. The lowest BCUT2D eigenvalue weighted by molar-refractivity contribution is -0.136. The van der Waals surface area contributed by atoms with Crippen LogP contribution < -0.4 is 33.8 Å². The number of aromatic nitrogens is 1. The molecule has 0 fully saturated rings. The minimum Gasteiger partial charge on any atom is -0.493 e. The highest BCUT2D eigenvalue weighted by Gasteiger charge is 2.31. The first-order chi connectivity index (χ1) is 18.4. The molecule has 11 heteroatoms. The largest absolute Gasteiger partial charge is 0.493 e. The van der Waals surface area contributed by atoms with Crippen LogP contribution in [0.3, 0.4) is 0 Å². The van der Waals surface area contributed by atoms with Crippen molar-refractivity contribution in [1.82, 2.24) is 4.57 Å². The second kappa shape index (κ2) is 11.9. The summed E-state index contributed by atoms with van der Waals surface area (Å²) in [7, 11) is 4.40. The summed E-state index contributed by atoms with van der Waals surface area (Å²) >= 11 is 4.76. The molecule has 0 N–H and O–H groups in total. The van der Waals surface area contributed by atoms with Gasteiger partial charge in [-0.2, -0.15) is 0 Å². The van der Waals surface area contributed by atoms with E-state index in [0.29, 0.717) is 51.1 Å². The van der Waals surface area contributed by atoms with Crippen molar-refractivity contribution in [2.75, 3.05) is 34.5 Å². The highest BCUT2D eigenvalue weighted by molar-refractivity contribution is 9.10. The van der Waals surface area contributed by atoms with E-state index in [1.54, 1.807) is 44.6 Å². The molecule has 1 atom stereocenters. The second-order valence-corrected chi connectivity index (χ2v) is 9.84. The van der Waals surface area contributed by atoms with Gasteiger partial charge in [0.25, 0.3) is 5.56 Å². The van der Waals surface area contributed by atoms with Gasteiger partial charge in [0.05, 0.1) is 50.7 Å². The molecule has 200 valence electrons. The van der Waals surface area contributed by atoms with Crippen LogP contribution in [-0.2, 0) is 9.53 Å². The molecular formula is C27H27BrN2O7S. The van der Waals surface area contributed by atoms with Crippen molar-refractivity contribution in [2.45, 2.75) is 19.9 Å². The monoisotopic (exact) mass is 602 g/mol. The lowest BCUT2D eigenvalue weighted by Gasteiger charge is -2.23. The molecule has 1 aromatic heterocycles. The number of ether oxygens (including phenoxy) is 5. The Bertz CT molecular complexity index is 1580. The Morgan fingerprint density at radius 1 is 1.03 bits per heavy atom. The zero-order valence-corrected chi connectivity index (χ0v) is 24.0. The van der Waals surface area contributed by atoms with Crippen molar-refractivity contribution in [3.05, 3.63) is 77.4 Å². The first-order valence-electron chi connectivity index (χ1n) is 11.8. The van der Waals surface area contributed by atoms with E-state index in [2.05, 4.69) is 20.9 Å². The molecule has 3 aromatic rings. The highest BCUT2D eigenvalue weighted by Crippen LogP contribution is 2.36. The zero-order valence-electron chi connectivity index (χ0n) is 21.6. The lowest BCUT2D eigenvalue weighted by atomic mass is 9.97. The van der Waals surface area contributed by atoms with Crippen molar-refractivity contribution in [3.8, 4) is 23.0 Å². The quantitative estimate of drug-likeness (QED) is 0.345. The molecule has 1 aliphatic heterocycles. The summed E-state index contributed by atoms with van der Waals surface area (Å²) < 4.78 is 29.9. The van der Waals surface area contributed by atoms with Crippen LogP contribution in [0.4, 0.5) is 0 Å². The minimum absolute atomic E-state index is 0.227. The Labute approximate surface area is 231 Å². The van der Waals surface area contributed by atoms with Gasteiger partial charge in [0, 0.05) is 10.7 Å². The SMILES string of the molecule is CCOc1ccc([C@H]2C(C(=O)OC)=CN=c3s/c(=C\c4cc(OC)c(OC)cc4Br)c(=O)n32)cc1OCC. The maximum Gasteiger partial charge on any atom is 0.337 e. The maximum absolute atomic E-state index is 13.8. The van der Waals surface area contributed by atoms with Crippen LogP contribution in [-0.4, -0.2) is 45.1 Å². The normalized spacial score (nSPS) is 14.7. The van der Waals surface area contributed by atoms with Crippen molar-refractivity contribution in [2.24, 2.45) is 4.99 Å². The molecule has 4 rings (SSSR count). The Kier molecular flexibility index (Phi) is 8.58. The van der Waals surface area contributed by atoms with E-state index in [0.717, 1.165) is 10.0 Å². The van der Waals surface area contributed by atoms with E-state index in [1.165, 1.54) is 29.2 Å². The third-order valence-electron chi connectivity index (χ3n) is 5.80. The average Bonchev–Trinajstić information content (AvgIpc) is 3.24. The fourth-order valence-corrected chi connectivity index (χ4v) is 5.51. The first kappa shape index (κ1) is 27.5. The van der Waals surface area contributed by atoms with Gasteiger partial charge >= 0.3 is 5.97 Å². The molecular weight excluding hydrogens is 576 g/mol. The maximum atomic E-state index is 13.8. The molecule has 0 bridgehead atoms. The zero-order chi connectivity index (χ0) is 27.4. The molecule has 2 heterocycles. The molecule has 38 heavy (non-hydrogen) atoms. The van der Waals surface area contributed by atoms with Gasteiger partial charge in [0.1, 0.15) is 0 Å². The summed E-state index contributed by atoms with van der Waals surface area (Å²) in [5, 5.41) is 0. The van der Waals surface area contributed by atoms with Crippen LogP contribution >= 0.6 is 27.3 Å². The third kappa shape index (κ3) is 5.21. The van der Waals surface area contributed by atoms with Gasteiger partial charge in [-0.3, -0.25) is 9.36 Å². The molecule has 2 aromatic carbocycles. The minimum atomic E-state index is -0.774. The molecule has 0 unspecified atom stereocenters. The summed E-state index contributed by atoms with van der Waals surface area (Å²) in [6, 6.07) is 8.14. The van der Waals surface area contributed by atoms with Crippen LogP contribution in [0.2, 0.25) is 0 Å². The standard InChI is InChI=1S/C27H27BrN2O7S/c1-6-36-19-9-8-15(10-22(19)37-7-2)24-17(26(32)35-5)14-29-27-30(24)25(31)23(38-27)12-16-11-20(33-3)21(34-4)13-18(16)28/h8-14,24H,6-7H2,1-5H3/b23-12-/t24-/m0/s1. The molecule has 0 aliphatic carbocycles. The Morgan fingerprint density at radius 3 is 2.37 bits per heavy atom. The molecule has 0 saturated heterocycles. The fourth-order valence-electron chi connectivity index (χ4n) is 4.11. The van der Waals surface area contributed by atoms with Crippen LogP contribution in [0.1, 0.15) is 31.0 Å². The van der Waals surface area contributed by atoms with E-state index in [-0.39, 0.29) is 11.1 Å². The van der Waals surface area contributed by atoms with Crippen molar-refractivity contribution < 1.29 is 28.5 Å². The summed E-state index contributed by atoms with van der Waals surface area (Å²) in [6.45, 7) is 4.65. The van der Waals surface area contributed by atoms with Crippen LogP contribution in [0, 0.1) is 0 Å². The number of carbonyl (C=O) groups is 1. The van der Waals surface area contributed by atoms with E-state index in [1.807, 2.05) is 19.9 Å². The molecule has 1 aliphatic rings. The average molecular weight is 603 g/mol. The number of benzene rings is 2. The molecule has 0 spiro atoms. The number of rotatable bonds is 9. The Morgan fingerprint density at radius 2 is 1.71 bits per heavy atom. The number of carbonyl (C=O) groups excluding carboxylic acids is 1. The predicted molar refractivity (Wildman–Crippen MR) is 147 cm³/mol. The summed E-state index contributed by atoms with van der Waals surface area (Å²) in [5.74, 6) is 1.60. The second-order valence-electron chi connectivity index (χ2n) is 7.98. The Hall–Kier alpha value is -3.57. The van der Waals surface area contributed by atoms with Gasteiger partial charge in [-0.25, -0.2) is 9.79 Å². The number of thiazole rings is 1. The number of nitrogens with zero attached hydrogens (tertiary/aromatic N) is 2. The van der Waals surface area contributed by atoms with E-state index in [4.69, 9.17) is 23.7 Å². The number of hydrogen-bond donors (Lipinski definition) is 0. The first-order valence-corrected chi connectivity index (χ1v) is 13.4. The van der Waals surface area contributed by atoms with Crippen LogP contribution in [0.25, 0.3) is 6.08 Å². The molecule has 0 radical (unpaired) electrons. The van der Waals surface area contributed by atoms with Crippen LogP contribution in [0.5, 0.6) is 23.0 Å². The highest BCUT2D eigenvalue weighted by atomic mass is 79.9. The lowest BCUT2D eigenvalue weighted by Crippen LogP contribution is -2.39. The number of halogens is 1. The summed E-state index contributed by atoms with van der Waals surface area (Å²) in [4.78, 5) is 31.4. The van der Waals surface area contributed by atoms with Crippen LogP contribution in [0.15, 0.2) is 56.4 Å². The number of methoxy groups -OCH3 is 3. The topological polar surface area (TPSA) is 97.6 Å². The molecule has 0 amide bonds.